The summed E-state index contributed by atoms with van der Waals surface area (Å²) in [5.74, 6) is -0.644. The number of halogens is 1. The summed E-state index contributed by atoms with van der Waals surface area (Å²) in [5.41, 5.74) is 5.15. The molecule has 0 aliphatic rings. The largest absolute Gasteiger partial charge is 0.396 e. The van der Waals surface area contributed by atoms with Gasteiger partial charge in [-0.05, 0) is 25.1 Å². The number of hydrogen-bond donors (Lipinski definition) is 2. The summed E-state index contributed by atoms with van der Waals surface area (Å²) in [6, 6.07) is 3.28. The van der Waals surface area contributed by atoms with Gasteiger partial charge in [0.25, 0.3) is 0 Å². The number of aryl methyl sites for hydroxylation is 1. The van der Waals surface area contributed by atoms with Gasteiger partial charge in [0, 0.05) is 11.1 Å². The van der Waals surface area contributed by atoms with Crippen LogP contribution >= 0.6 is 11.3 Å². The lowest BCUT2D eigenvalue weighted by Gasteiger charge is -2.06. The quantitative estimate of drug-likeness (QED) is 0.841. The van der Waals surface area contributed by atoms with Gasteiger partial charge in [-0.2, -0.15) is 0 Å². The Bertz CT molecular complexity index is 698. The summed E-state index contributed by atoms with van der Waals surface area (Å²) in [6.07, 6.45) is 1.67. The number of anilines is 1. The highest BCUT2D eigenvalue weighted by atomic mass is 32.2. The Morgan fingerprint density at radius 3 is 2.79 bits per heavy atom. The Morgan fingerprint density at radius 1 is 1.47 bits per heavy atom. The fourth-order valence-electron chi connectivity index (χ4n) is 1.41. The molecule has 0 saturated heterocycles. The predicted octanol–water partition coefficient (Wildman–Crippen LogP) is 1.65. The molecule has 0 aliphatic heterocycles. The van der Waals surface area contributed by atoms with E-state index >= 15 is 0 Å². The summed E-state index contributed by atoms with van der Waals surface area (Å²) in [6.45, 7) is 1.98. The van der Waals surface area contributed by atoms with E-state index in [4.69, 9.17) is 5.73 Å². The number of nitrogen functional groups attached to an aromatic ring is 1. The van der Waals surface area contributed by atoms with E-state index in [0.29, 0.717) is 5.01 Å². The van der Waals surface area contributed by atoms with Gasteiger partial charge in [0.05, 0.1) is 17.1 Å². The van der Waals surface area contributed by atoms with E-state index in [1.165, 1.54) is 17.4 Å². The second kappa shape index (κ2) is 5.24. The maximum Gasteiger partial charge on any atom is 0.241 e. The molecule has 0 radical (unpaired) electrons. The highest BCUT2D eigenvalue weighted by molar-refractivity contribution is 7.89. The number of nitrogens with one attached hydrogen (secondary N) is 1. The van der Waals surface area contributed by atoms with Crippen LogP contribution in [0.25, 0.3) is 0 Å². The summed E-state index contributed by atoms with van der Waals surface area (Å²) >= 11 is 1.41. The number of nitrogens with zero attached hydrogens (tertiary/aromatic N) is 1. The van der Waals surface area contributed by atoms with Gasteiger partial charge >= 0.3 is 0 Å². The number of benzene rings is 1. The van der Waals surface area contributed by atoms with E-state index in [0.717, 1.165) is 17.0 Å². The predicted molar refractivity (Wildman–Crippen MR) is 71.7 cm³/mol. The minimum atomic E-state index is -3.72. The normalized spacial score (nSPS) is 11.7. The zero-order valence-corrected chi connectivity index (χ0v) is 11.7. The first kappa shape index (κ1) is 13.9. The van der Waals surface area contributed by atoms with Gasteiger partial charge in [-0.3, -0.25) is 0 Å². The molecule has 5 nitrogen and oxygen atoms in total. The number of aromatic nitrogens is 1. The van der Waals surface area contributed by atoms with Gasteiger partial charge < -0.3 is 5.73 Å². The van der Waals surface area contributed by atoms with Gasteiger partial charge in [0.15, 0.2) is 0 Å². The molecule has 19 heavy (non-hydrogen) atoms. The molecule has 0 bridgehead atoms. The van der Waals surface area contributed by atoms with Crippen molar-refractivity contribution in [3.63, 3.8) is 0 Å². The van der Waals surface area contributed by atoms with Crippen LogP contribution in [0.2, 0.25) is 0 Å². The maximum atomic E-state index is 13.0. The lowest BCUT2D eigenvalue weighted by atomic mass is 10.3. The first-order chi connectivity index (χ1) is 8.88. The minimum absolute atomic E-state index is 0.0697. The van der Waals surface area contributed by atoms with Crippen LogP contribution < -0.4 is 10.5 Å². The van der Waals surface area contributed by atoms with Crippen molar-refractivity contribution in [1.29, 1.82) is 0 Å². The Labute approximate surface area is 114 Å². The van der Waals surface area contributed by atoms with Crippen LogP contribution in [0, 0.1) is 12.7 Å². The molecule has 0 unspecified atom stereocenters. The number of nitrogens with two attached hydrogens (primary N) is 1. The molecule has 1 heterocycles. The van der Waals surface area contributed by atoms with E-state index in [9.17, 15) is 12.8 Å². The molecule has 3 N–H and O–H groups in total. The second-order valence-corrected chi connectivity index (χ2v) is 6.96. The monoisotopic (exact) mass is 301 g/mol. The summed E-state index contributed by atoms with van der Waals surface area (Å²) in [5, 5.41) is 0.663. The molecule has 0 amide bonds. The highest BCUT2D eigenvalue weighted by Gasteiger charge is 2.15. The number of rotatable bonds is 4. The summed E-state index contributed by atoms with van der Waals surface area (Å²) < 4.78 is 39.3. The topological polar surface area (TPSA) is 85.1 Å². The third-order valence-electron chi connectivity index (χ3n) is 2.36. The van der Waals surface area contributed by atoms with Crippen molar-refractivity contribution < 1.29 is 12.8 Å². The van der Waals surface area contributed by atoms with Gasteiger partial charge in [0.2, 0.25) is 10.0 Å². The van der Waals surface area contributed by atoms with Crippen LogP contribution in [0.4, 0.5) is 10.1 Å². The van der Waals surface area contributed by atoms with Crippen molar-refractivity contribution in [2.45, 2.75) is 18.4 Å². The van der Waals surface area contributed by atoms with Crippen molar-refractivity contribution in [2.75, 3.05) is 5.73 Å². The SMILES string of the molecule is Cc1cnc(CNS(=O)(=O)c2ccc(F)c(N)c2)s1. The van der Waals surface area contributed by atoms with E-state index in [2.05, 4.69) is 9.71 Å². The van der Waals surface area contributed by atoms with Crippen LogP contribution in [0.15, 0.2) is 29.3 Å². The first-order valence-electron chi connectivity index (χ1n) is 5.34. The van der Waals surface area contributed by atoms with E-state index in [1.807, 2.05) is 6.92 Å². The Balaban J connectivity index is 2.16. The summed E-state index contributed by atoms with van der Waals surface area (Å²) in [4.78, 5) is 4.98. The standard InChI is InChI=1S/C11H12FN3O2S2/c1-7-5-14-11(18-7)6-15-19(16,17)8-2-3-9(12)10(13)4-8/h2-5,15H,6,13H2,1H3. The van der Waals surface area contributed by atoms with E-state index < -0.39 is 15.8 Å². The van der Waals surface area contributed by atoms with Crippen LogP contribution in [-0.2, 0) is 16.6 Å². The van der Waals surface area contributed by atoms with E-state index in [1.54, 1.807) is 6.20 Å². The molecule has 0 spiro atoms. The van der Waals surface area contributed by atoms with Gasteiger partial charge in [-0.1, -0.05) is 0 Å². The Morgan fingerprint density at radius 2 is 2.21 bits per heavy atom. The number of thiazole rings is 1. The van der Waals surface area contributed by atoms with Crippen molar-refractivity contribution in [2.24, 2.45) is 0 Å². The Kier molecular flexibility index (Phi) is 3.83. The van der Waals surface area contributed by atoms with Crippen molar-refractivity contribution in [3.8, 4) is 0 Å². The molecule has 0 atom stereocenters. The highest BCUT2D eigenvalue weighted by Crippen LogP contribution is 2.17. The van der Waals surface area contributed by atoms with Crippen molar-refractivity contribution in [1.82, 2.24) is 9.71 Å². The molecule has 0 aliphatic carbocycles. The van der Waals surface area contributed by atoms with E-state index in [-0.39, 0.29) is 17.1 Å². The van der Waals surface area contributed by atoms with Crippen molar-refractivity contribution in [3.05, 3.63) is 40.1 Å². The zero-order valence-electron chi connectivity index (χ0n) is 10.1. The number of sulfonamides is 1. The minimum Gasteiger partial charge on any atom is -0.396 e. The molecule has 0 fully saturated rings. The van der Waals surface area contributed by atoms with Crippen molar-refractivity contribution >= 4 is 27.0 Å². The van der Waals surface area contributed by atoms with Gasteiger partial charge in [-0.15, -0.1) is 11.3 Å². The lowest BCUT2D eigenvalue weighted by molar-refractivity contribution is 0.580. The average Bonchev–Trinajstić information content (AvgIpc) is 2.76. The lowest BCUT2D eigenvalue weighted by Crippen LogP contribution is -2.23. The smallest absolute Gasteiger partial charge is 0.241 e. The zero-order chi connectivity index (χ0) is 14.0. The molecule has 8 heteroatoms. The van der Waals surface area contributed by atoms with Crippen LogP contribution in [0.1, 0.15) is 9.88 Å². The van der Waals surface area contributed by atoms with Gasteiger partial charge in [-0.25, -0.2) is 22.5 Å². The molecule has 2 aromatic rings. The molecule has 0 saturated carbocycles. The molecule has 1 aromatic carbocycles. The average molecular weight is 301 g/mol. The Hall–Kier alpha value is -1.51. The molecular weight excluding hydrogens is 289 g/mol. The maximum absolute atomic E-state index is 13.0. The fraction of sp³-hybridized carbons (Fsp3) is 0.182. The van der Waals surface area contributed by atoms with Gasteiger partial charge in [0.1, 0.15) is 10.8 Å². The van der Waals surface area contributed by atoms with Crippen LogP contribution in [0.5, 0.6) is 0 Å². The summed E-state index contributed by atoms with van der Waals surface area (Å²) in [7, 11) is -3.72. The third-order valence-corrected chi connectivity index (χ3v) is 4.67. The second-order valence-electron chi connectivity index (χ2n) is 3.87. The molecule has 102 valence electrons. The first-order valence-corrected chi connectivity index (χ1v) is 7.64. The molecule has 2 rings (SSSR count). The fourth-order valence-corrected chi connectivity index (χ4v) is 3.25. The third kappa shape index (κ3) is 3.28. The number of hydrogen-bond acceptors (Lipinski definition) is 5. The molecular formula is C11H12FN3O2S2. The van der Waals surface area contributed by atoms with Crippen LogP contribution in [0.3, 0.4) is 0 Å². The van der Waals surface area contributed by atoms with Crippen LogP contribution in [-0.4, -0.2) is 13.4 Å². The molecule has 1 aromatic heterocycles.